The van der Waals surface area contributed by atoms with E-state index < -0.39 is 13.7 Å². The van der Waals surface area contributed by atoms with Gasteiger partial charge < -0.3 is 29.1 Å². The number of ether oxygens (including phenoxy) is 3. The van der Waals surface area contributed by atoms with E-state index in [2.05, 4.69) is 42.5 Å². The molecule has 4 atom stereocenters. The van der Waals surface area contributed by atoms with Crippen LogP contribution in [0.2, 0.25) is 18.6 Å². The van der Waals surface area contributed by atoms with Gasteiger partial charge in [-0.25, -0.2) is 0 Å². The van der Waals surface area contributed by atoms with Crippen LogP contribution >= 0.6 is 0 Å². The first kappa shape index (κ1) is 34.8. The molecule has 0 unspecified atom stereocenters. The molecule has 3 aliphatic rings. The molecule has 0 bridgehead atoms. The van der Waals surface area contributed by atoms with Crippen LogP contribution in [0, 0.1) is 5.92 Å². The first-order chi connectivity index (χ1) is 23.5. The van der Waals surface area contributed by atoms with Crippen molar-refractivity contribution in [2.24, 2.45) is 5.92 Å². The van der Waals surface area contributed by atoms with Crippen LogP contribution in [-0.4, -0.2) is 86.0 Å². The lowest BCUT2D eigenvalue weighted by Gasteiger charge is -2.37. The van der Waals surface area contributed by atoms with Gasteiger partial charge in [0.25, 0.3) is 5.91 Å². The third-order valence-electron chi connectivity index (χ3n) is 10.8. The van der Waals surface area contributed by atoms with Gasteiger partial charge in [-0.3, -0.25) is 19.1 Å². The Bertz CT molecular complexity index is 1690. The third kappa shape index (κ3) is 6.28. The SMILES string of the molecule is COC(=O)CCCCN1C(=O)[C@@]2(O[C@@H](CCn3cc(CCO)nn3)[C@H]([Si](C)(C)c3ccc(OC)cc3)[C@H]2C)c2cc(N3CCC3=O)ccc21. The van der Waals surface area contributed by atoms with E-state index in [1.165, 1.54) is 12.3 Å². The lowest BCUT2D eigenvalue weighted by Crippen LogP contribution is -2.52. The number of anilines is 2. The Morgan fingerprint density at radius 1 is 1.10 bits per heavy atom. The number of benzene rings is 2. The molecule has 2 aromatic carbocycles. The minimum Gasteiger partial charge on any atom is -0.497 e. The van der Waals surface area contributed by atoms with Crippen LogP contribution in [-0.2, 0) is 42.4 Å². The number of nitrogens with zero attached hydrogens (tertiary/aromatic N) is 5. The molecular weight excluding hydrogens is 643 g/mol. The van der Waals surface area contributed by atoms with E-state index in [1.54, 1.807) is 16.7 Å². The van der Waals surface area contributed by atoms with E-state index in [0.717, 1.165) is 28.4 Å². The zero-order valence-electron chi connectivity index (χ0n) is 29.1. The van der Waals surface area contributed by atoms with Crippen molar-refractivity contribution in [3.63, 3.8) is 0 Å². The zero-order chi connectivity index (χ0) is 34.9. The van der Waals surface area contributed by atoms with E-state index in [9.17, 15) is 19.5 Å². The highest BCUT2D eigenvalue weighted by Gasteiger charge is 2.66. The first-order valence-electron chi connectivity index (χ1n) is 17.2. The molecule has 4 heterocycles. The van der Waals surface area contributed by atoms with Gasteiger partial charge >= 0.3 is 5.97 Å². The van der Waals surface area contributed by atoms with Crippen LogP contribution < -0.4 is 19.7 Å². The monoisotopic (exact) mass is 689 g/mol. The molecule has 49 heavy (non-hydrogen) atoms. The molecular formula is C36H47N5O7Si. The number of carbonyl (C=O) groups is 3. The summed E-state index contributed by atoms with van der Waals surface area (Å²) in [5, 5.41) is 19.1. The lowest BCUT2D eigenvalue weighted by atomic mass is 9.82. The van der Waals surface area contributed by atoms with Crippen molar-refractivity contribution < 1.29 is 33.7 Å². The minimum atomic E-state index is -2.36. The largest absolute Gasteiger partial charge is 0.497 e. The molecule has 1 aromatic heterocycles. The van der Waals surface area contributed by atoms with Crippen LogP contribution in [0.5, 0.6) is 5.75 Å². The van der Waals surface area contributed by atoms with Crippen LogP contribution in [0.15, 0.2) is 48.7 Å². The number of β-lactam (4-membered cyclic amide) rings is 1. The Morgan fingerprint density at radius 3 is 2.53 bits per heavy atom. The Labute approximate surface area is 288 Å². The Kier molecular flexibility index (Phi) is 9.97. The summed E-state index contributed by atoms with van der Waals surface area (Å²) in [6.07, 6.45) is 4.62. The molecule has 3 aliphatic heterocycles. The summed E-state index contributed by atoms with van der Waals surface area (Å²) < 4.78 is 19.3. The fraction of sp³-hybridized carbons (Fsp3) is 0.528. The number of aryl methyl sites for hydroxylation is 1. The van der Waals surface area contributed by atoms with Crippen LogP contribution in [0.4, 0.5) is 11.4 Å². The summed E-state index contributed by atoms with van der Waals surface area (Å²) in [6, 6.07) is 14.1. The number of hydrogen-bond acceptors (Lipinski definition) is 9. The number of fused-ring (bicyclic) bond motifs is 2. The summed E-state index contributed by atoms with van der Waals surface area (Å²) in [5.74, 6) is 0.288. The van der Waals surface area contributed by atoms with Gasteiger partial charge in [0.05, 0.1) is 39.8 Å². The van der Waals surface area contributed by atoms with Gasteiger partial charge in [-0.1, -0.05) is 42.6 Å². The smallest absolute Gasteiger partial charge is 0.305 e. The van der Waals surface area contributed by atoms with E-state index in [0.29, 0.717) is 51.7 Å². The van der Waals surface area contributed by atoms with E-state index in [-0.39, 0.29) is 48.4 Å². The number of rotatable bonds is 14. The third-order valence-corrected chi connectivity index (χ3v) is 15.2. The molecule has 0 saturated carbocycles. The van der Waals surface area contributed by atoms with Gasteiger partial charge in [0.1, 0.15) is 5.75 Å². The van der Waals surface area contributed by atoms with Gasteiger partial charge in [-0.15, -0.1) is 5.10 Å². The average Bonchev–Trinajstić information content (AvgIpc) is 3.74. The second-order valence-electron chi connectivity index (χ2n) is 13.9. The maximum absolute atomic E-state index is 15.0. The summed E-state index contributed by atoms with van der Waals surface area (Å²) >= 11 is 0. The van der Waals surface area contributed by atoms with Crippen molar-refractivity contribution in [3.8, 4) is 5.75 Å². The molecule has 3 aromatic rings. The Hall–Kier alpha value is -4.07. The minimum absolute atomic E-state index is 0.0000869. The van der Waals surface area contributed by atoms with Crippen LogP contribution in [0.25, 0.3) is 0 Å². The summed E-state index contributed by atoms with van der Waals surface area (Å²) in [5.41, 5.74) is 1.87. The highest BCUT2D eigenvalue weighted by molar-refractivity contribution is 6.91. The Morgan fingerprint density at radius 2 is 1.88 bits per heavy atom. The van der Waals surface area contributed by atoms with Crippen molar-refractivity contribution in [2.45, 2.75) is 82.3 Å². The highest BCUT2D eigenvalue weighted by Crippen LogP contribution is 2.60. The molecule has 1 N–H and O–H groups in total. The predicted molar refractivity (Wildman–Crippen MR) is 187 cm³/mol. The zero-order valence-corrected chi connectivity index (χ0v) is 30.1. The van der Waals surface area contributed by atoms with Gasteiger partial charge in [0.2, 0.25) is 5.91 Å². The molecule has 13 heteroatoms. The van der Waals surface area contributed by atoms with Crippen LogP contribution in [0.1, 0.15) is 50.3 Å². The lowest BCUT2D eigenvalue weighted by molar-refractivity contribution is -0.146. The number of esters is 1. The quantitative estimate of drug-likeness (QED) is 0.117. The number of aromatic nitrogens is 3. The summed E-state index contributed by atoms with van der Waals surface area (Å²) in [7, 11) is 0.684. The van der Waals surface area contributed by atoms with Gasteiger partial charge in [0.15, 0.2) is 5.60 Å². The van der Waals surface area contributed by atoms with Gasteiger partial charge in [-0.05, 0) is 55.1 Å². The van der Waals surface area contributed by atoms with Crippen LogP contribution in [0.3, 0.4) is 0 Å². The molecule has 0 radical (unpaired) electrons. The summed E-state index contributed by atoms with van der Waals surface area (Å²) in [4.78, 5) is 42.9. The molecule has 1 spiro atoms. The Balaban J connectivity index is 1.40. The number of aliphatic hydroxyl groups excluding tert-OH is 1. The first-order valence-corrected chi connectivity index (χ1v) is 20.3. The van der Waals surface area contributed by atoms with E-state index >= 15 is 0 Å². The fourth-order valence-corrected chi connectivity index (χ4v) is 12.2. The summed E-state index contributed by atoms with van der Waals surface area (Å²) in [6.45, 7) is 8.47. The van der Waals surface area contributed by atoms with Gasteiger partial charge in [-0.2, -0.15) is 0 Å². The number of carbonyl (C=O) groups excluding carboxylic acids is 3. The predicted octanol–water partition coefficient (Wildman–Crippen LogP) is 3.55. The standard InChI is InChI=1S/C36H47N5O7Si/c1-24-34(49(4,5)28-12-10-27(46-2)11-13-28)31(15-19-39-23-25(17-21-42)37-38-39)48-36(24)29-22-26(40-20-16-32(40)43)9-14-30(29)41(35(36)45)18-7-6-8-33(44)47-3/h9-14,22-24,31,34,42H,6-8,15-21H2,1-5H3/t24-,31+,34-,36+/m1/s1. The fourth-order valence-electron chi connectivity index (χ4n) is 8.13. The van der Waals surface area contributed by atoms with E-state index in [1.807, 2.05) is 41.4 Å². The van der Waals surface area contributed by atoms with Crippen molar-refractivity contribution in [1.29, 1.82) is 0 Å². The highest BCUT2D eigenvalue weighted by atomic mass is 28.3. The molecule has 6 rings (SSSR count). The number of unbranched alkanes of at least 4 members (excludes halogenated alkanes) is 1. The maximum Gasteiger partial charge on any atom is 0.305 e. The van der Waals surface area contributed by atoms with Crippen molar-refractivity contribution in [3.05, 3.63) is 59.9 Å². The number of hydrogen-bond donors (Lipinski definition) is 1. The molecule has 2 amide bonds. The van der Waals surface area contributed by atoms with Crippen molar-refractivity contribution in [2.75, 3.05) is 43.7 Å². The molecule has 2 saturated heterocycles. The average molecular weight is 690 g/mol. The number of methoxy groups -OCH3 is 2. The molecule has 2 fully saturated rings. The second kappa shape index (κ2) is 14.0. The molecule has 12 nitrogen and oxygen atoms in total. The topological polar surface area (TPSA) is 136 Å². The second-order valence-corrected chi connectivity index (χ2v) is 18.6. The molecule has 262 valence electrons. The maximum atomic E-state index is 15.0. The normalized spacial score (nSPS) is 23.3. The van der Waals surface area contributed by atoms with Gasteiger partial charge in [0, 0.05) is 68.9 Å². The van der Waals surface area contributed by atoms with Crippen molar-refractivity contribution >= 4 is 42.4 Å². The number of amides is 2. The van der Waals surface area contributed by atoms with Crippen molar-refractivity contribution in [1.82, 2.24) is 15.0 Å². The number of aliphatic hydroxyl groups is 1. The molecule has 0 aliphatic carbocycles. The van der Waals surface area contributed by atoms with E-state index in [4.69, 9.17) is 14.2 Å².